The van der Waals surface area contributed by atoms with Gasteiger partial charge in [0.1, 0.15) is 11.6 Å². The summed E-state index contributed by atoms with van der Waals surface area (Å²) in [4.78, 5) is 18.5. The Balaban J connectivity index is 2.27. The molecule has 0 spiro atoms. The molecular weight excluding hydrogens is 364 g/mol. The molecule has 6 nitrogen and oxygen atoms in total. The van der Waals surface area contributed by atoms with Crippen LogP contribution in [0.25, 0.3) is 0 Å². The van der Waals surface area contributed by atoms with Gasteiger partial charge in [0, 0.05) is 44.3 Å². The van der Waals surface area contributed by atoms with Gasteiger partial charge < -0.3 is 4.90 Å². The highest BCUT2D eigenvalue weighted by Crippen LogP contribution is 2.43. The lowest BCUT2D eigenvalue weighted by Gasteiger charge is -2.23. The van der Waals surface area contributed by atoms with E-state index in [4.69, 9.17) is 0 Å². The summed E-state index contributed by atoms with van der Waals surface area (Å²) in [6.07, 6.45) is 3.91. The van der Waals surface area contributed by atoms with E-state index in [1.165, 1.54) is 35.6 Å². The van der Waals surface area contributed by atoms with Crippen LogP contribution in [0.15, 0.2) is 53.8 Å². The smallest absolute Gasteiger partial charge is 0.272 e. The quantitative estimate of drug-likeness (QED) is 0.765. The largest absolute Gasteiger partial charge is 0.382 e. The van der Waals surface area contributed by atoms with Crippen LogP contribution in [0.1, 0.15) is 10.9 Å². The Bertz CT molecular complexity index is 992. The zero-order valence-electron chi connectivity index (χ0n) is 13.9. The monoisotopic (exact) mass is 379 g/mol. The van der Waals surface area contributed by atoms with E-state index < -0.39 is 37.7 Å². The summed E-state index contributed by atoms with van der Waals surface area (Å²) in [6, 6.07) is 5.60. The summed E-state index contributed by atoms with van der Waals surface area (Å²) in [7, 11) is -1.02. The van der Waals surface area contributed by atoms with Crippen molar-refractivity contribution >= 4 is 21.4 Å². The van der Waals surface area contributed by atoms with Crippen molar-refractivity contribution in [1.82, 2.24) is 9.88 Å². The lowest BCUT2D eigenvalue weighted by atomic mass is 10.2. The Kier molecular flexibility index (Phi) is 4.49. The third-order valence-electron chi connectivity index (χ3n) is 3.78. The predicted octanol–water partition coefficient (Wildman–Crippen LogP) is 2.22. The molecule has 0 aliphatic carbocycles. The normalized spacial score (nSPS) is 20.6. The van der Waals surface area contributed by atoms with Gasteiger partial charge in [0.25, 0.3) is 5.91 Å². The number of hydrogen-bond donors (Lipinski definition) is 0. The molecular formula is C17H15F2N3O3S. The maximum atomic E-state index is 14.3. The number of hydrogen-bond acceptors (Lipinski definition) is 5. The molecule has 1 aliphatic heterocycles. The maximum Gasteiger partial charge on any atom is 0.272 e. The fraction of sp³-hybridized carbons (Fsp3) is 0.176. The van der Waals surface area contributed by atoms with Crippen LogP contribution >= 0.6 is 0 Å². The minimum Gasteiger partial charge on any atom is -0.382 e. The summed E-state index contributed by atoms with van der Waals surface area (Å²) in [6.45, 7) is 0. The first kappa shape index (κ1) is 18.0. The fourth-order valence-corrected chi connectivity index (χ4v) is 4.66. The van der Waals surface area contributed by atoms with Crippen LogP contribution < -0.4 is 4.90 Å². The van der Waals surface area contributed by atoms with Crippen molar-refractivity contribution in [3.63, 3.8) is 0 Å². The second kappa shape index (κ2) is 6.49. The van der Waals surface area contributed by atoms with Crippen molar-refractivity contribution in [2.75, 3.05) is 19.0 Å². The lowest BCUT2D eigenvalue weighted by molar-refractivity contribution is -0.114. The van der Waals surface area contributed by atoms with Crippen LogP contribution in [-0.2, 0) is 14.6 Å². The topological polar surface area (TPSA) is 70.6 Å². The minimum absolute atomic E-state index is 0.201. The molecule has 9 heteroatoms. The van der Waals surface area contributed by atoms with Crippen LogP contribution in [0.4, 0.5) is 14.5 Å². The van der Waals surface area contributed by atoms with Gasteiger partial charge in [0.05, 0.1) is 5.69 Å². The Hall–Kier alpha value is -2.81. The van der Waals surface area contributed by atoms with Crippen LogP contribution in [-0.4, -0.2) is 38.3 Å². The van der Waals surface area contributed by atoms with Gasteiger partial charge in [0.15, 0.2) is 10.3 Å². The molecule has 1 fully saturated rings. The second-order valence-corrected chi connectivity index (χ2v) is 7.89. The molecule has 136 valence electrons. The zero-order chi connectivity index (χ0) is 19.1. The van der Waals surface area contributed by atoms with Crippen molar-refractivity contribution in [2.45, 2.75) is 5.37 Å². The first-order chi connectivity index (χ1) is 12.2. The van der Waals surface area contributed by atoms with Crippen molar-refractivity contribution in [3.8, 4) is 0 Å². The average molecular weight is 379 g/mol. The van der Waals surface area contributed by atoms with Crippen LogP contribution in [0.5, 0.6) is 0 Å². The first-order valence-corrected chi connectivity index (χ1v) is 9.09. The van der Waals surface area contributed by atoms with Gasteiger partial charge in [-0.3, -0.25) is 14.7 Å². The molecule has 1 atom stereocenters. The molecule has 3 rings (SSSR count). The number of amides is 1. The molecule has 1 saturated heterocycles. The Morgan fingerprint density at radius 3 is 2.54 bits per heavy atom. The molecule has 0 saturated carbocycles. The molecule has 1 unspecified atom stereocenters. The molecule has 0 N–H and O–H groups in total. The number of halogens is 2. The highest BCUT2D eigenvalue weighted by atomic mass is 32.2. The standard InChI is InChI=1S/C17H15F2N3O3S/c1-21(2)10-15-16(23)22(14-6-5-12(18)8-13(14)19)17(26(15,24)25)11-4-3-7-20-9-11/h3-10,17H,1-2H3/b15-10+. The third kappa shape index (κ3) is 2.94. The van der Waals surface area contributed by atoms with Gasteiger partial charge in [-0.2, -0.15) is 0 Å². The lowest BCUT2D eigenvalue weighted by Crippen LogP contribution is -2.30. The van der Waals surface area contributed by atoms with E-state index >= 15 is 0 Å². The highest BCUT2D eigenvalue weighted by Gasteiger charge is 2.51. The predicted molar refractivity (Wildman–Crippen MR) is 91.5 cm³/mol. The van der Waals surface area contributed by atoms with Crippen LogP contribution in [0.2, 0.25) is 0 Å². The summed E-state index contributed by atoms with van der Waals surface area (Å²) in [5, 5.41) is -1.49. The Morgan fingerprint density at radius 2 is 1.96 bits per heavy atom. The molecule has 1 aromatic heterocycles. The highest BCUT2D eigenvalue weighted by molar-refractivity contribution is 7.97. The zero-order valence-corrected chi connectivity index (χ0v) is 14.7. The summed E-state index contributed by atoms with van der Waals surface area (Å²) < 4.78 is 53.6. The fourth-order valence-electron chi connectivity index (χ4n) is 2.73. The van der Waals surface area contributed by atoms with Gasteiger partial charge in [0.2, 0.25) is 9.84 Å². The number of pyridine rings is 1. The number of aromatic nitrogens is 1. The molecule has 1 amide bonds. The van der Waals surface area contributed by atoms with Crippen LogP contribution in [0, 0.1) is 11.6 Å². The van der Waals surface area contributed by atoms with E-state index in [2.05, 4.69) is 4.98 Å². The van der Waals surface area contributed by atoms with Crippen molar-refractivity contribution in [1.29, 1.82) is 0 Å². The summed E-state index contributed by atoms with van der Waals surface area (Å²) in [5.41, 5.74) is -0.122. The van der Waals surface area contributed by atoms with Crippen molar-refractivity contribution < 1.29 is 22.0 Å². The maximum absolute atomic E-state index is 14.3. The van der Waals surface area contributed by atoms with E-state index in [-0.39, 0.29) is 11.3 Å². The molecule has 2 heterocycles. The number of carbonyl (C=O) groups is 1. The van der Waals surface area contributed by atoms with Gasteiger partial charge in [-0.1, -0.05) is 6.07 Å². The van der Waals surface area contributed by atoms with Crippen molar-refractivity contribution in [2.24, 2.45) is 0 Å². The molecule has 2 aromatic rings. The van der Waals surface area contributed by atoms with E-state index in [1.807, 2.05) is 0 Å². The molecule has 26 heavy (non-hydrogen) atoms. The van der Waals surface area contributed by atoms with E-state index in [9.17, 15) is 22.0 Å². The van der Waals surface area contributed by atoms with Gasteiger partial charge >= 0.3 is 0 Å². The van der Waals surface area contributed by atoms with Crippen LogP contribution in [0.3, 0.4) is 0 Å². The second-order valence-electron chi connectivity index (χ2n) is 5.91. The minimum atomic E-state index is -4.15. The Labute approximate surface area is 149 Å². The average Bonchev–Trinajstić information content (AvgIpc) is 2.76. The summed E-state index contributed by atoms with van der Waals surface area (Å²) >= 11 is 0. The third-order valence-corrected chi connectivity index (χ3v) is 5.74. The molecule has 0 bridgehead atoms. The van der Waals surface area contributed by atoms with Crippen molar-refractivity contribution in [3.05, 3.63) is 71.0 Å². The molecule has 0 radical (unpaired) electrons. The first-order valence-electron chi connectivity index (χ1n) is 7.54. The number of sulfone groups is 1. The number of anilines is 1. The SMILES string of the molecule is CN(C)/C=C1\C(=O)N(c2ccc(F)cc2F)C(c2cccnc2)S1(=O)=O. The Morgan fingerprint density at radius 1 is 1.23 bits per heavy atom. The molecule has 1 aliphatic rings. The summed E-state index contributed by atoms with van der Waals surface area (Å²) in [5.74, 6) is -2.76. The van der Waals surface area contributed by atoms with Gasteiger partial charge in [-0.15, -0.1) is 0 Å². The van der Waals surface area contributed by atoms with Gasteiger partial charge in [-0.25, -0.2) is 17.2 Å². The van der Waals surface area contributed by atoms with E-state index in [0.717, 1.165) is 17.0 Å². The number of nitrogens with zero attached hydrogens (tertiary/aromatic N) is 3. The van der Waals surface area contributed by atoms with E-state index in [0.29, 0.717) is 6.07 Å². The van der Waals surface area contributed by atoms with Gasteiger partial charge in [-0.05, 0) is 18.2 Å². The number of carbonyl (C=O) groups excluding carboxylic acids is 1. The van der Waals surface area contributed by atoms with E-state index in [1.54, 1.807) is 14.1 Å². The molecule has 1 aromatic carbocycles. The number of rotatable bonds is 3. The number of benzene rings is 1.